The van der Waals surface area contributed by atoms with E-state index in [0.717, 1.165) is 38.8 Å². The van der Waals surface area contributed by atoms with Crippen LogP contribution in [0.2, 0.25) is 0 Å². The molecule has 2 atom stereocenters. The van der Waals surface area contributed by atoms with E-state index in [-0.39, 0.29) is 24.6 Å². The van der Waals surface area contributed by atoms with Crippen LogP contribution in [-0.2, 0) is 4.79 Å². The zero-order valence-corrected chi connectivity index (χ0v) is 12.5. The Bertz CT molecular complexity index is 449. The van der Waals surface area contributed by atoms with Gasteiger partial charge in [0.25, 0.3) is 0 Å². The molecule has 0 saturated carbocycles. The summed E-state index contributed by atoms with van der Waals surface area (Å²) >= 11 is 1.74. The molecule has 2 saturated heterocycles. The van der Waals surface area contributed by atoms with Gasteiger partial charge in [-0.05, 0) is 43.7 Å². The van der Waals surface area contributed by atoms with Crippen molar-refractivity contribution in [2.24, 2.45) is 0 Å². The molecular formula is C15H22N2O2S. The molecule has 20 heavy (non-hydrogen) atoms. The van der Waals surface area contributed by atoms with E-state index in [1.165, 1.54) is 4.88 Å². The lowest BCUT2D eigenvalue weighted by Gasteiger charge is -2.28. The molecule has 1 unspecified atom stereocenters. The van der Waals surface area contributed by atoms with Gasteiger partial charge in [-0.1, -0.05) is 6.07 Å². The van der Waals surface area contributed by atoms with E-state index in [4.69, 9.17) is 0 Å². The van der Waals surface area contributed by atoms with Crippen molar-refractivity contribution < 1.29 is 9.90 Å². The van der Waals surface area contributed by atoms with Gasteiger partial charge < -0.3 is 10.0 Å². The maximum Gasteiger partial charge on any atom is 0.237 e. The fourth-order valence-corrected chi connectivity index (χ4v) is 4.29. The molecule has 2 aliphatic heterocycles. The van der Waals surface area contributed by atoms with Crippen LogP contribution in [-0.4, -0.2) is 53.1 Å². The van der Waals surface area contributed by atoms with Gasteiger partial charge in [0.05, 0.1) is 19.2 Å². The number of carbonyl (C=O) groups excluding carboxylic acids is 1. The molecule has 0 aromatic carbocycles. The molecule has 110 valence electrons. The Labute approximate surface area is 124 Å². The number of amides is 1. The number of hydrogen-bond donors (Lipinski definition) is 1. The molecule has 1 amide bonds. The minimum absolute atomic E-state index is 0.168. The lowest BCUT2D eigenvalue weighted by Crippen LogP contribution is -2.42. The Hall–Kier alpha value is -0.910. The van der Waals surface area contributed by atoms with Gasteiger partial charge in [-0.2, -0.15) is 0 Å². The minimum atomic E-state index is 0.168. The maximum absolute atomic E-state index is 12.6. The van der Waals surface area contributed by atoms with Crippen LogP contribution in [0.15, 0.2) is 17.5 Å². The molecule has 3 heterocycles. The highest BCUT2D eigenvalue weighted by molar-refractivity contribution is 7.10. The molecule has 3 rings (SSSR count). The highest BCUT2D eigenvalue weighted by Crippen LogP contribution is 2.34. The van der Waals surface area contributed by atoms with Crippen LogP contribution in [0.25, 0.3) is 0 Å². The van der Waals surface area contributed by atoms with E-state index < -0.39 is 0 Å². The van der Waals surface area contributed by atoms with Crippen LogP contribution in [0, 0.1) is 0 Å². The number of likely N-dealkylation sites (tertiary alicyclic amines) is 2. The summed E-state index contributed by atoms with van der Waals surface area (Å²) in [5.41, 5.74) is 0. The van der Waals surface area contributed by atoms with Crippen molar-refractivity contribution in [1.82, 2.24) is 9.80 Å². The molecule has 0 spiro atoms. The van der Waals surface area contributed by atoms with E-state index >= 15 is 0 Å². The molecule has 1 N–H and O–H groups in total. The summed E-state index contributed by atoms with van der Waals surface area (Å²) in [6, 6.07) is 4.65. The fraction of sp³-hybridized carbons (Fsp3) is 0.667. The summed E-state index contributed by atoms with van der Waals surface area (Å²) < 4.78 is 0. The summed E-state index contributed by atoms with van der Waals surface area (Å²) in [4.78, 5) is 18.1. The van der Waals surface area contributed by atoms with Crippen LogP contribution in [0.5, 0.6) is 0 Å². The second-order valence-electron chi connectivity index (χ2n) is 5.71. The van der Waals surface area contributed by atoms with Crippen LogP contribution in [0.4, 0.5) is 0 Å². The van der Waals surface area contributed by atoms with Crippen LogP contribution < -0.4 is 0 Å². The topological polar surface area (TPSA) is 43.8 Å². The zero-order chi connectivity index (χ0) is 13.9. The largest absolute Gasteiger partial charge is 0.395 e. The van der Waals surface area contributed by atoms with E-state index in [0.29, 0.717) is 6.54 Å². The molecular weight excluding hydrogens is 272 g/mol. The number of rotatable bonds is 4. The quantitative estimate of drug-likeness (QED) is 0.922. The van der Waals surface area contributed by atoms with E-state index in [2.05, 4.69) is 22.4 Å². The Kier molecular flexibility index (Phi) is 4.38. The molecule has 0 bridgehead atoms. The molecule has 2 fully saturated rings. The second-order valence-corrected chi connectivity index (χ2v) is 6.69. The van der Waals surface area contributed by atoms with E-state index in [1.807, 2.05) is 4.90 Å². The van der Waals surface area contributed by atoms with Gasteiger partial charge in [0, 0.05) is 17.5 Å². The third-order valence-corrected chi connectivity index (χ3v) is 5.47. The Morgan fingerprint density at radius 1 is 1.35 bits per heavy atom. The van der Waals surface area contributed by atoms with E-state index in [9.17, 15) is 9.90 Å². The number of hydrogen-bond acceptors (Lipinski definition) is 4. The number of aliphatic hydroxyl groups excluding tert-OH is 1. The predicted octanol–water partition coefficient (Wildman–Crippen LogP) is 1.87. The zero-order valence-electron chi connectivity index (χ0n) is 11.7. The first-order chi connectivity index (χ1) is 9.79. The normalized spacial score (nSPS) is 27.4. The lowest BCUT2D eigenvalue weighted by molar-refractivity contribution is -0.133. The van der Waals surface area contributed by atoms with Crippen molar-refractivity contribution >= 4 is 17.2 Å². The first kappa shape index (κ1) is 14.0. The smallest absolute Gasteiger partial charge is 0.237 e. The number of nitrogens with zero attached hydrogens (tertiary/aromatic N) is 2. The van der Waals surface area contributed by atoms with E-state index in [1.54, 1.807) is 11.3 Å². The van der Waals surface area contributed by atoms with Crippen LogP contribution in [0.1, 0.15) is 36.6 Å². The number of carbonyl (C=O) groups is 1. The average molecular weight is 294 g/mol. The number of aliphatic hydroxyl groups is 1. The lowest BCUT2D eigenvalue weighted by atomic mass is 10.2. The Morgan fingerprint density at radius 3 is 2.95 bits per heavy atom. The van der Waals surface area contributed by atoms with Crippen molar-refractivity contribution in [3.63, 3.8) is 0 Å². The Morgan fingerprint density at radius 2 is 2.20 bits per heavy atom. The number of thiophene rings is 1. The Balaban J connectivity index is 1.64. The van der Waals surface area contributed by atoms with Crippen molar-refractivity contribution in [3.8, 4) is 0 Å². The molecule has 1 aromatic heterocycles. The SMILES string of the molecule is O=C(CN1CCC[C@H]1CO)N1CCCC1c1cccs1. The first-order valence-electron chi connectivity index (χ1n) is 7.47. The van der Waals surface area contributed by atoms with Crippen molar-refractivity contribution in [3.05, 3.63) is 22.4 Å². The third-order valence-electron chi connectivity index (χ3n) is 4.49. The van der Waals surface area contributed by atoms with Crippen molar-refractivity contribution in [2.75, 3.05) is 26.2 Å². The van der Waals surface area contributed by atoms with Gasteiger partial charge in [-0.15, -0.1) is 11.3 Å². The van der Waals surface area contributed by atoms with Crippen LogP contribution >= 0.6 is 11.3 Å². The van der Waals surface area contributed by atoms with Crippen LogP contribution in [0.3, 0.4) is 0 Å². The maximum atomic E-state index is 12.6. The van der Waals surface area contributed by atoms with Gasteiger partial charge in [0.15, 0.2) is 0 Å². The minimum Gasteiger partial charge on any atom is -0.395 e. The highest BCUT2D eigenvalue weighted by Gasteiger charge is 2.33. The standard InChI is InChI=1S/C15H22N2O2S/c18-11-12-4-1-7-16(12)10-15(19)17-8-2-5-13(17)14-6-3-9-20-14/h3,6,9,12-13,18H,1-2,4-5,7-8,10-11H2/t12-,13?/m0/s1. The predicted molar refractivity (Wildman–Crippen MR) is 79.7 cm³/mol. The van der Waals surface area contributed by atoms with Gasteiger partial charge in [0.2, 0.25) is 5.91 Å². The monoisotopic (exact) mass is 294 g/mol. The molecule has 4 nitrogen and oxygen atoms in total. The second kappa shape index (κ2) is 6.24. The van der Waals surface area contributed by atoms with Crippen molar-refractivity contribution in [2.45, 2.75) is 37.8 Å². The fourth-order valence-electron chi connectivity index (χ4n) is 3.42. The molecule has 5 heteroatoms. The summed E-state index contributed by atoms with van der Waals surface area (Å²) in [6.45, 7) is 2.45. The summed E-state index contributed by atoms with van der Waals surface area (Å²) in [7, 11) is 0. The molecule has 2 aliphatic rings. The average Bonchev–Trinajstić information content (AvgIpc) is 3.19. The van der Waals surface area contributed by atoms with Crippen molar-refractivity contribution in [1.29, 1.82) is 0 Å². The third kappa shape index (κ3) is 2.75. The van der Waals surface area contributed by atoms with Gasteiger partial charge in [-0.25, -0.2) is 0 Å². The summed E-state index contributed by atoms with van der Waals surface area (Å²) in [6.07, 6.45) is 4.28. The molecule has 1 aromatic rings. The summed E-state index contributed by atoms with van der Waals surface area (Å²) in [5.74, 6) is 0.223. The van der Waals surface area contributed by atoms with Gasteiger partial charge in [-0.3, -0.25) is 9.69 Å². The molecule has 0 aliphatic carbocycles. The van der Waals surface area contributed by atoms with Gasteiger partial charge in [0.1, 0.15) is 0 Å². The first-order valence-corrected chi connectivity index (χ1v) is 8.35. The molecule has 0 radical (unpaired) electrons. The highest BCUT2D eigenvalue weighted by atomic mass is 32.1. The summed E-state index contributed by atoms with van der Waals surface area (Å²) in [5, 5.41) is 11.4. The van der Waals surface area contributed by atoms with Gasteiger partial charge >= 0.3 is 0 Å².